The molecule has 9 heteroatoms. The third-order valence-electron chi connectivity index (χ3n) is 6.25. The van der Waals surface area contributed by atoms with Gasteiger partial charge in [0.15, 0.2) is 0 Å². The van der Waals surface area contributed by atoms with Crippen LogP contribution < -0.4 is 11.1 Å². The lowest BCUT2D eigenvalue weighted by atomic mass is 9.71. The molecule has 36 heavy (non-hydrogen) atoms. The summed E-state index contributed by atoms with van der Waals surface area (Å²) in [6.07, 6.45) is 3.65. The number of ether oxygens (including phenoxy) is 1. The van der Waals surface area contributed by atoms with E-state index < -0.39 is 18.3 Å². The molecule has 7 nitrogen and oxygen atoms in total. The van der Waals surface area contributed by atoms with Crippen LogP contribution in [0.25, 0.3) is 0 Å². The molecule has 2 aliphatic heterocycles. The molecular weight excluding hydrogens is 460 g/mol. The lowest BCUT2D eigenvalue weighted by Gasteiger charge is -2.46. The Hall–Kier alpha value is -2.62. The van der Waals surface area contributed by atoms with Crippen LogP contribution in [0, 0.1) is 0 Å². The number of nitrogens with two attached hydrogens (primary N) is 1. The van der Waals surface area contributed by atoms with Crippen molar-refractivity contribution in [2.45, 2.75) is 58.4 Å². The van der Waals surface area contributed by atoms with Gasteiger partial charge in [-0.1, -0.05) is 39.9 Å². The van der Waals surface area contributed by atoms with Crippen LogP contribution in [0.3, 0.4) is 0 Å². The first-order valence-electron chi connectivity index (χ1n) is 12.7. The van der Waals surface area contributed by atoms with E-state index in [1.165, 1.54) is 24.1 Å². The minimum absolute atomic E-state index is 0.0388. The molecule has 0 aromatic heterocycles. The number of nitrogens with zero attached hydrogens (tertiary/aromatic N) is 1. The van der Waals surface area contributed by atoms with Crippen LogP contribution in [0.4, 0.5) is 4.39 Å². The molecule has 2 saturated heterocycles. The Balaban J connectivity index is 0.00000154. The first kappa shape index (κ1) is 31.4. The number of carbonyl (C=O) groups excluding carboxylic acids is 1. The average molecular weight is 503 g/mol. The van der Waals surface area contributed by atoms with E-state index in [9.17, 15) is 19.3 Å². The van der Waals surface area contributed by atoms with Gasteiger partial charge in [0.25, 0.3) is 5.91 Å². The van der Waals surface area contributed by atoms with Crippen molar-refractivity contribution in [2.24, 2.45) is 5.73 Å². The molecule has 0 radical (unpaired) electrons. The fourth-order valence-electron chi connectivity index (χ4n) is 4.68. The number of amides is 1. The van der Waals surface area contributed by atoms with E-state index in [2.05, 4.69) is 24.2 Å². The number of rotatable bonds is 6. The molecule has 5 N–H and O–H groups in total. The minimum atomic E-state index is -0.650. The SMILES string of the molecule is C=C(F)/C=C1\C(=C)OC2(CCNCC2)CC1c1ccc(C(=O)N(CC)CB(C)O)cc1O.CC.CN. The number of piperidine rings is 1. The summed E-state index contributed by atoms with van der Waals surface area (Å²) in [6.45, 7) is 16.2. The van der Waals surface area contributed by atoms with Crippen molar-refractivity contribution >= 4 is 12.8 Å². The molecule has 0 bridgehead atoms. The summed E-state index contributed by atoms with van der Waals surface area (Å²) in [4.78, 5) is 14.4. The van der Waals surface area contributed by atoms with Gasteiger partial charge in [-0.25, -0.2) is 4.39 Å². The summed E-state index contributed by atoms with van der Waals surface area (Å²) >= 11 is 0. The van der Waals surface area contributed by atoms with Gasteiger partial charge >= 0.3 is 6.92 Å². The predicted molar refractivity (Wildman–Crippen MR) is 146 cm³/mol. The van der Waals surface area contributed by atoms with Gasteiger partial charge in [-0.15, -0.1) is 0 Å². The first-order valence-corrected chi connectivity index (χ1v) is 12.7. The highest BCUT2D eigenvalue weighted by molar-refractivity contribution is 6.49. The molecule has 1 unspecified atom stereocenters. The first-order chi connectivity index (χ1) is 17.2. The molecule has 2 aliphatic rings. The van der Waals surface area contributed by atoms with Gasteiger partial charge in [0.1, 0.15) is 22.9 Å². The molecule has 1 aromatic carbocycles. The number of aromatic hydroxyl groups is 1. The van der Waals surface area contributed by atoms with E-state index in [0.717, 1.165) is 25.9 Å². The second-order valence-electron chi connectivity index (χ2n) is 8.73. The zero-order valence-corrected chi connectivity index (χ0v) is 22.4. The maximum atomic E-state index is 13.8. The highest BCUT2D eigenvalue weighted by atomic mass is 19.1. The summed E-state index contributed by atoms with van der Waals surface area (Å²) in [5.74, 6) is -0.877. The van der Waals surface area contributed by atoms with Gasteiger partial charge in [-0.3, -0.25) is 4.79 Å². The summed E-state index contributed by atoms with van der Waals surface area (Å²) in [6, 6.07) is 4.82. The van der Waals surface area contributed by atoms with Crippen molar-refractivity contribution in [1.29, 1.82) is 0 Å². The fourth-order valence-corrected chi connectivity index (χ4v) is 4.68. The van der Waals surface area contributed by atoms with Gasteiger partial charge in [0.2, 0.25) is 0 Å². The molecule has 1 aromatic rings. The Morgan fingerprint density at radius 3 is 2.47 bits per heavy atom. The van der Waals surface area contributed by atoms with E-state index in [4.69, 9.17) is 4.74 Å². The molecule has 2 fully saturated rings. The lowest BCUT2D eigenvalue weighted by Crippen LogP contribution is -2.47. The topological polar surface area (TPSA) is 108 Å². The van der Waals surface area contributed by atoms with Crippen molar-refractivity contribution in [2.75, 3.05) is 33.1 Å². The summed E-state index contributed by atoms with van der Waals surface area (Å²) in [7, 11) is 1.50. The van der Waals surface area contributed by atoms with E-state index in [-0.39, 0.29) is 24.0 Å². The van der Waals surface area contributed by atoms with Crippen LogP contribution in [0.15, 0.2) is 54.6 Å². The predicted octanol–water partition coefficient (Wildman–Crippen LogP) is 4.16. The third-order valence-corrected chi connectivity index (χ3v) is 6.25. The van der Waals surface area contributed by atoms with E-state index in [0.29, 0.717) is 35.4 Å². The number of benzene rings is 1. The monoisotopic (exact) mass is 503 g/mol. The van der Waals surface area contributed by atoms with Crippen LogP contribution in [-0.4, -0.2) is 66.6 Å². The van der Waals surface area contributed by atoms with Crippen molar-refractivity contribution in [3.63, 3.8) is 0 Å². The molecule has 1 amide bonds. The van der Waals surface area contributed by atoms with E-state index in [1.807, 2.05) is 20.8 Å². The standard InChI is InChI=1S/C24H32BFN2O4.C2H6.CH5N/c1-5-28(15-25(4)31)23(30)18-6-7-19(22(29)13-18)21-14-24(8-10-27-11-9-24)32-17(3)20(21)12-16(2)26;2*1-2/h6-7,12-13,21,27,29,31H,2-3,5,8-11,14-15H2,1,4H3;1-2H3;2H2,1H3/b20-12+;;. The molecule has 1 atom stereocenters. The second-order valence-corrected chi connectivity index (χ2v) is 8.73. The second kappa shape index (κ2) is 14.8. The van der Waals surface area contributed by atoms with Crippen LogP contribution in [0.5, 0.6) is 5.75 Å². The maximum absolute atomic E-state index is 13.8. The lowest BCUT2D eigenvalue weighted by molar-refractivity contribution is -0.0449. The van der Waals surface area contributed by atoms with Gasteiger partial charge in [0, 0.05) is 35.6 Å². The smallest absolute Gasteiger partial charge is 0.305 e. The zero-order chi connectivity index (χ0) is 27.5. The Morgan fingerprint density at radius 2 is 1.97 bits per heavy atom. The van der Waals surface area contributed by atoms with Crippen molar-refractivity contribution < 1.29 is 24.1 Å². The van der Waals surface area contributed by atoms with Crippen LogP contribution in [-0.2, 0) is 4.74 Å². The molecule has 3 rings (SSSR count). The number of hydrogen-bond donors (Lipinski definition) is 4. The number of hydrogen-bond acceptors (Lipinski definition) is 6. The number of phenols is 1. The summed E-state index contributed by atoms with van der Waals surface area (Å²) in [5.41, 5.74) is 5.53. The zero-order valence-electron chi connectivity index (χ0n) is 22.4. The molecule has 2 heterocycles. The molecule has 0 aliphatic carbocycles. The van der Waals surface area contributed by atoms with E-state index >= 15 is 0 Å². The summed E-state index contributed by atoms with van der Waals surface area (Å²) < 4.78 is 20.0. The molecule has 200 valence electrons. The van der Waals surface area contributed by atoms with Crippen molar-refractivity contribution in [3.05, 3.63) is 65.7 Å². The largest absolute Gasteiger partial charge is 0.508 e. The van der Waals surface area contributed by atoms with Gasteiger partial charge in [-0.2, -0.15) is 0 Å². The van der Waals surface area contributed by atoms with Crippen LogP contribution in [0.1, 0.15) is 61.9 Å². The van der Waals surface area contributed by atoms with Gasteiger partial charge < -0.3 is 30.8 Å². The number of halogens is 1. The van der Waals surface area contributed by atoms with Crippen LogP contribution >= 0.6 is 0 Å². The van der Waals surface area contributed by atoms with Gasteiger partial charge in [0.05, 0.1) is 0 Å². The van der Waals surface area contributed by atoms with Gasteiger partial charge in [-0.05, 0) is 64.5 Å². The van der Waals surface area contributed by atoms with Crippen molar-refractivity contribution in [1.82, 2.24) is 10.2 Å². The average Bonchev–Trinajstić information content (AvgIpc) is 2.86. The molecule has 0 saturated carbocycles. The number of phenolic OH excluding ortho intramolecular Hbond substituents is 1. The Bertz CT molecular complexity index is 930. The third kappa shape index (κ3) is 7.95. The minimum Gasteiger partial charge on any atom is -0.508 e. The number of carbonyl (C=O) groups is 1. The molecular formula is C27H43BFN3O4. The highest BCUT2D eigenvalue weighted by Gasteiger charge is 2.44. The fraction of sp³-hybridized carbons (Fsp3) is 0.519. The maximum Gasteiger partial charge on any atom is 0.305 e. The highest BCUT2D eigenvalue weighted by Crippen LogP contribution is 2.49. The number of allylic oxidation sites excluding steroid dienone is 3. The number of nitrogens with one attached hydrogen (secondary N) is 1. The normalized spacial score (nSPS) is 19.3. The molecule has 1 spiro atoms. The Kier molecular flexibility index (Phi) is 12.9. The Morgan fingerprint density at radius 1 is 1.36 bits per heavy atom. The van der Waals surface area contributed by atoms with Crippen molar-refractivity contribution in [3.8, 4) is 5.75 Å². The van der Waals surface area contributed by atoms with Crippen LogP contribution in [0.2, 0.25) is 6.82 Å². The summed E-state index contributed by atoms with van der Waals surface area (Å²) in [5, 5.41) is 23.9. The van der Waals surface area contributed by atoms with E-state index in [1.54, 1.807) is 19.0 Å². The quantitative estimate of drug-likeness (QED) is 0.435. The Labute approximate surface area is 216 Å².